The Morgan fingerprint density at radius 1 is 1.53 bits per heavy atom. The molecule has 104 valence electrons. The maximum Gasteiger partial charge on any atom is 0.305 e. The number of hydrogen-bond donors (Lipinski definition) is 0. The number of rotatable bonds is 6. The van der Waals surface area contributed by atoms with Crippen molar-refractivity contribution in [2.45, 2.75) is 19.8 Å². The second kappa shape index (κ2) is 6.67. The van der Waals surface area contributed by atoms with E-state index in [0.717, 1.165) is 0 Å². The number of aryl methyl sites for hydroxylation is 1. The number of esters is 1. The first kappa shape index (κ1) is 14.9. The molecule has 7 nitrogen and oxygen atoms in total. The summed E-state index contributed by atoms with van der Waals surface area (Å²) >= 11 is 0. The minimum atomic E-state index is -0.455. The van der Waals surface area contributed by atoms with Gasteiger partial charge in [0.2, 0.25) is 0 Å². The van der Waals surface area contributed by atoms with E-state index < -0.39 is 4.92 Å². The van der Waals surface area contributed by atoms with Crippen LogP contribution in [0, 0.1) is 17.0 Å². The molecule has 1 aromatic heterocycles. The van der Waals surface area contributed by atoms with Gasteiger partial charge in [-0.15, -0.1) is 0 Å². The van der Waals surface area contributed by atoms with E-state index in [4.69, 9.17) is 0 Å². The van der Waals surface area contributed by atoms with Crippen LogP contribution in [-0.4, -0.2) is 36.6 Å². The Hall–Kier alpha value is -2.18. The monoisotopic (exact) mass is 267 g/mol. The van der Waals surface area contributed by atoms with Gasteiger partial charge < -0.3 is 9.64 Å². The predicted octanol–water partition coefficient (Wildman–Crippen LogP) is 1.69. The molecule has 0 atom stereocenters. The summed E-state index contributed by atoms with van der Waals surface area (Å²) in [6.07, 6.45) is 0.980. The molecule has 0 N–H and O–H groups in total. The van der Waals surface area contributed by atoms with Crippen molar-refractivity contribution in [1.29, 1.82) is 0 Å². The van der Waals surface area contributed by atoms with E-state index in [1.165, 1.54) is 13.2 Å². The SMILES string of the molecule is COC(=O)CCCN(C)c1ccc([N+](=O)[O-])c(C)n1. The van der Waals surface area contributed by atoms with Crippen LogP contribution in [0.25, 0.3) is 0 Å². The Bertz CT molecular complexity index is 476. The van der Waals surface area contributed by atoms with Gasteiger partial charge in [0.1, 0.15) is 11.5 Å². The van der Waals surface area contributed by atoms with Crippen molar-refractivity contribution in [3.05, 3.63) is 27.9 Å². The number of aromatic nitrogens is 1. The quantitative estimate of drug-likeness (QED) is 0.443. The fourth-order valence-corrected chi connectivity index (χ4v) is 1.62. The lowest BCUT2D eigenvalue weighted by atomic mass is 10.2. The molecule has 0 unspecified atom stereocenters. The molecular weight excluding hydrogens is 250 g/mol. The summed E-state index contributed by atoms with van der Waals surface area (Å²) in [5, 5.41) is 10.7. The molecule has 0 saturated carbocycles. The molecule has 1 rings (SSSR count). The van der Waals surface area contributed by atoms with E-state index in [0.29, 0.717) is 30.9 Å². The normalized spacial score (nSPS) is 10.1. The average Bonchev–Trinajstić information content (AvgIpc) is 2.37. The smallest absolute Gasteiger partial charge is 0.305 e. The number of pyridine rings is 1. The predicted molar refractivity (Wildman–Crippen MR) is 70.1 cm³/mol. The molecule has 1 aromatic rings. The van der Waals surface area contributed by atoms with Crippen molar-refractivity contribution in [2.24, 2.45) is 0 Å². The van der Waals surface area contributed by atoms with Crippen LogP contribution >= 0.6 is 0 Å². The summed E-state index contributed by atoms with van der Waals surface area (Å²) in [6, 6.07) is 3.04. The van der Waals surface area contributed by atoms with Crippen molar-refractivity contribution in [3.8, 4) is 0 Å². The van der Waals surface area contributed by atoms with Gasteiger partial charge in [-0.3, -0.25) is 14.9 Å². The van der Waals surface area contributed by atoms with E-state index >= 15 is 0 Å². The Morgan fingerprint density at radius 2 is 2.21 bits per heavy atom. The van der Waals surface area contributed by atoms with Crippen LogP contribution in [0.3, 0.4) is 0 Å². The Morgan fingerprint density at radius 3 is 2.74 bits per heavy atom. The molecule has 0 amide bonds. The zero-order chi connectivity index (χ0) is 14.4. The van der Waals surface area contributed by atoms with Gasteiger partial charge in [0, 0.05) is 26.1 Å². The third-order valence-corrected chi connectivity index (χ3v) is 2.73. The van der Waals surface area contributed by atoms with E-state index in [-0.39, 0.29) is 11.7 Å². The summed E-state index contributed by atoms with van der Waals surface area (Å²) in [7, 11) is 3.18. The molecule has 0 aliphatic heterocycles. The topological polar surface area (TPSA) is 85.6 Å². The van der Waals surface area contributed by atoms with Crippen LogP contribution in [0.5, 0.6) is 0 Å². The van der Waals surface area contributed by atoms with Gasteiger partial charge in [0.05, 0.1) is 12.0 Å². The van der Waals surface area contributed by atoms with Crippen molar-refractivity contribution in [1.82, 2.24) is 4.98 Å². The van der Waals surface area contributed by atoms with Gasteiger partial charge in [0.15, 0.2) is 0 Å². The highest BCUT2D eigenvalue weighted by Gasteiger charge is 2.13. The number of ether oxygens (including phenoxy) is 1. The molecule has 0 aliphatic carbocycles. The summed E-state index contributed by atoms with van der Waals surface area (Å²) in [6.45, 7) is 2.23. The summed E-state index contributed by atoms with van der Waals surface area (Å²) in [4.78, 5) is 27.2. The van der Waals surface area contributed by atoms with Crippen LogP contribution in [0.1, 0.15) is 18.5 Å². The van der Waals surface area contributed by atoms with Gasteiger partial charge >= 0.3 is 5.97 Å². The summed E-state index contributed by atoms with van der Waals surface area (Å²) in [5.41, 5.74) is 0.383. The van der Waals surface area contributed by atoms with Crippen LogP contribution in [0.15, 0.2) is 12.1 Å². The Balaban J connectivity index is 2.62. The van der Waals surface area contributed by atoms with E-state index in [2.05, 4.69) is 9.72 Å². The van der Waals surface area contributed by atoms with Gasteiger partial charge in [-0.2, -0.15) is 0 Å². The fourth-order valence-electron chi connectivity index (χ4n) is 1.62. The van der Waals surface area contributed by atoms with Crippen molar-refractivity contribution < 1.29 is 14.5 Å². The lowest BCUT2D eigenvalue weighted by molar-refractivity contribution is -0.385. The molecule has 0 radical (unpaired) electrons. The minimum Gasteiger partial charge on any atom is -0.469 e. The van der Waals surface area contributed by atoms with Gasteiger partial charge in [-0.25, -0.2) is 4.98 Å². The van der Waals surface area contributed by atoms with Crippen LogP contribution in [0.4, 0.5) is 11.5 Å². The van der Waals surface area contributed by atoms with Crippen molar-refractivity contribution in [3.63, 3.8) is 0 Å². The van der Waals surface area contributed by atoms with E-state index in [1.54, 1.807) is 13.0 Å². The second-order valence-electron chi connectivity index (χ2n) is 4.13. The van der Waals surface area contributed by atoms with E-state index in [1.807, 2.05) is 11.9 Å². The molecule has 1 heterocycles. The first-order valence-electron chi connectivity index (χ1n) is 5.85. The zero-order valence-electron chi connectivity index (χ0n) is 11.3. The first-order chi connectivity index (χ1) is 8.95. The Kier molecular flexibility index (Phi) is 5.23. The highest BCUT2D eigenvalue weighted by atomic mass is 16.6. The third-order valence-electron chi connectivity index (χ3n) is 2.73. The van der Waals surface area contributed by atoms with Gasteiger partial charge in [-0.1, -0.05) is 0 Å². The number of carbonyl (C=O) groups excluding carboxylic acids is 1. The maximum absolute atomic E-state index is 11.0. The molecule has 0 fully saturated rings. The van der Waals surface area contributed by atoms with E-state index in [9.17, 15) is 14.9 Å². The lowest BCUT2D eigenvalue weighted by Gasteiger charge is -2.18. The average molecular weight is 267 g/mol. The van der Waals surface area contributed by atoms with Crippen LogP contribution in [0.2, 0.25) is 0 Å². The van der Waals surface area contributed by atoms with Crippen LogP contribution < -0.4 is 4.90 Å². The number of nitro groups is 1. The van der Waals surface area contributed by atoms with Crippen LogP contribution in [-0.2, 0) is 9.53 Å². The number of methoxy groups -OCH3 is 1. The molecule has 0 spiro atoms. The minimum absolute atomic E-state index is 0.00621. The maximum atomic E-state index is 11.0. The van der Waals surface area contributed by atoms with Gasteiger partial charge in [-0.05, 0) is 19.4 Å². The molecule has 0 bridgehead atoms. The standard InChI is InChI=1S/C12H17N3O4/c1-9-10(15(17)18)6-7-11(13-9)14(2)8-4-5-12(16)19-3/h6-7H,4-5,8H2,1-3H3. The summed E-state index contributed by atoms with van der Waals surface area (Å²) in [5.74, 6) is 0.397. The number of anilines is 1. The Labute approximate surface area is 111 Å². The third kappa shape index (κ3) is 4.20. The largest absolute Gasteiger partial charge is 0.469 e. The highest BCUT2D eigenvalue weighted by molar-refractivity contribution is 5.69. The fraction of sp³-hybridized carbons (Fsp3) is 0.500. The highest BCUT2D eigenvalue weighted by Crippen LogP contribution is 2.19. The lowest BCUT2D eigenvalue weighted by Crippen LogP contribution is -2.21. The zero-order valence-corrected chi connectivity index (χ0v) is 11.3. The van der Waals surface area contributed by atoms with Crippen molar-refractivity contribution >= 4 is 17.5 Å². The number of carbonyl (C=O) groups is 1. The first-order valence-corrected chi connectivity index (χ1v) is 5.85. The number of nitrogens with zero attached hydrogens (tertiary/aromatic N) is 3. The van der Waals surface area contributed by atoms with Crippen molar-refractivity contribution in [2.75, 3.05) is 25.6 Å². The molecule has 0 aromatic carbocycles. The second-order valence-corrected chi connectivity index (χ2v) is 4.13. The van der Waals surface area contributed by atoms with Gasteiger partial charge in [0.25, 0.3) is 5.69 Å². The molecule has 0 aliphatic rings. The number of hydrogen-bond acceptors (Lipinski definition) is 6. The molecule has 19 heavy (non-hydrogen) atoms. The molecule has 0 saturated heterocycles. The molecule has 7 heteroatoms. The molecular formula is C12H17N3O4. The summed E-state index contributed by atoms with van der Waals surface area (Å²) < 4.78 is 4.55.